The summed E-state index contributed by atoms with van der Waals surface area (Å²) in [6.07, 6.45) is 0. The first-order valence-electron chi connectivity index (χ1n) is 8.80. The summed E-state index contributed by atoms with van der Waals surface area (Å²) in [7, 11) is 0. The lowest BCUT2D eigenvalue weighted by Gasteiger charge is -2.25. The molecule has 0 unspecified atom stereocenters. The first-order valence-corrected chi connectivity index (χ1v) is 10.7. The van der Waals surface area contributed by atoms with E-state index in [1.165, 1.54) is 18.0 Å². The van der Waals surface area contributed by atoms with Crippen LogP contribution < -0.4 is 5.32 Å². The zero-order valence-electron chi connectivity index (χ0n) is 15.7. The average molecular weight is 484 g/mol. The third kappa shape index (κ3) is 6.44. The van der Waals surface area contributed by atoms with Crippen LogP contribution in [-0.4, -0.2) is 36.5 Å². The molecule has 1 fully saturated rings. The van der Waals surface area contributed by atoms with Crippen LogP contribution in [0.15, 0.2) is 29.2 Å². The number of hydrogen-bond acceptors (Lipinski definition) is 4. The summed E-state index contributed by atoms with van der Waals surface area (Å²) >= 11 is 19.2. The molecule has 2 aromatic carbocycles. The molecule has 1 heterocycles. The highest BCUT2D eigenvalue weighted by Gasteiger charge is 2.19. The molecule has 0 aliphatic carbocycles. The van der Waals surface area contributed by atoms with Crippen LogP contribution in [0.5, 0.6) is 0 Å². The quantitative estimate of drug-likeness (QED) is 0.396. The molecule has 10 heteroatoms. The standard InChI is InChI=1S/C17H13Cl3F2N2O2S.C2H6/c18-11-8-12(19)15(27-24-1-3-26-4-2-24)7-10(11)17(25)23-9-5-13(21)16(20)14(22)6-9;1-2/h5-8H,1-4H2,(H,23,25);1-2H3. The Hall–Kier alpha value is -1.09. The molecule has 0 spiro atoms. The van der Waals surface area contributed by atoms with Crippen LogP contribution in [0, 0.1) is 11.6 Å². The lowest BCUT2D eigenvalue weighted by atomic mass is 10.2. The van der Waals surface area contributed by atoms with E-state index in [9.17, 15) is 13.6 Å². The van der Waals surface area contributed by atoms with Crippen LogP contribution in [-0.2, 0) is 4.74 Å². The van der Waals surface area contributed by atoms with Crippen molar-refractivity contribution in [3.63, 3.8) is 0 Å². The molecule has 1 amide bonds. The van der Waals surface area contributed by atoms with Crippen LogP contribution in [0.3, 0.4) is 0 Å². The molecule has 0 aromatic heterocycles. The van der Waals surface area contributed by atoms with Crippen LogP contribution >= 0.6 is 46.8 Å². The lowest BCUT2D eigenvalue weighted by Crippen LogP contribution is -2.30. The number of morpholine rings is 1. The molecule has 0 radical (unpaired) electrons. The molecule has 29 heavy (non-hydrogen) atoms. The number of ether oxygens (including phenoxy) is 1. The van der Waals surface area contributed by atoms with Gasteiger partial charge in [0.1, 0.15) is 16.7 Å². The topological polar surface area (TPSA) is 41.6 Å². The summed E-state index contributed by atoms with van der Waals surface area (Å²) in [6, 6.07) is 4.86. The smallest absolute Gasteiger partial charge is 0.257 e. The Morgan fingerprint density at radius 1 is 1.03 bits per heavy atom. The number of carbonyl (C=O) groups is 1. The third-order valence-corrected chi connectivity index (χ3v) is 5.96. The monoisotopic (exact) mass is 482 g/mol. The highest BCUT2D eigenvalue weighted by Crippen LogP contribution is 2.35. The molecular formula is C19H19Cl3F2N2O2S. The minimum Gasteiger partial charge on any atom is -0.379 e. The van der Waals surface area contributed by atoms with E-state index >= 15 is 0 Å². The number of nitrogens with one attached hydrogen (secondary N) is 1. The largest absolute Gasteiger partial charge is 0.379 e. The molecule has 1 aliphatic rings. The van der Waals surface area contributed by atoms with Crippen molar-refractivity contribution in [3.8, 4) is 0 Å². The molecule has 0 saturated carbocycles. The second kappa shape index (κ2) is 11.3. The van der Waals surface area contributed by atoms with E-state index in [1.54, 1.807) is 6.07 Å². The van der Waals surface area contributed by atoms with E-state index in [0.29, 0.717) is 36.2 Å². The van der Waals surface area contributed by atoms with E-state index < -0.39 is 22.6 Å². The molecular weight excluding hydrogens is 465 g/mol. The van der Waals surface area contributed by atoms with Gasteiger partial charge in [0, 0.05) is 23.7 Å². The number of halogens is 5. The fourth-order valence-corrected chi connectivity index (χ4v) is 3.98. The fourth-order valence-electron chi connectivity index (χ4n) is 2.38. The molecule has 3 rings (SSSR count). The highest BCUT2D eigenvalue weighted by atomic mass is 35.5. The summed E-state index contributed by atoms with van der Waals surface area (Å²) in [5.41, 5.74) is 0.0559. The Kier molecular flexibility index (Phi) is 9.46. The SMILES string of the molecule is CC.O=C(Nc1cc(F)c(Cl)c(F)c1)c1cc(SN2CCOCC2)c(Cl)cc1Cl. The number of hydrogen-bond donors (Lipinski definition) is 1. The predicted octanol–water partition coefficient (Wildman–Crippen LogP) is 6.54. The Bertz CT molecular complexity index is 858. The molecule has 1 aliphatic heterocycles. The summed E-state index contributed by atoms with van der Waals surface area (Å²) in [6.45, 7) is 6.65. The predicted molar refractivity (Wildman–Crippen MR) is 115 cm³/mol. The number of benzene rings is 2. The van der Waals surface area contributed by atoms with Crippen molar-refractivity contribution in [1.82, 2.24) is 4.31 Å². The minimum atomic E-state index is -0.974. The van der Waals surface area contributed by atoms with Crippen LogP contribution in [0.2, 0.25) is 15.1 Å². The van der Waals surface area contributed by atoms with Crippen LogP contribution in [0.25, 0.3) is 0 Å². The molecule has 0 bridgehead atoms. The zero-order valence-corrected chi connectivity index (χ0v) is 18.8. The van der Waals surface area contributed by atoms with Crippen LogP contribution in [0.1, 0.15) is 24.2 Å². The van der Waals surface area contributed by atoms with Crippen molar-refractivity contribution >= 4 is 58.3 Å². The van der Waals surface area contributed by atoms with Gasteiger partial charge in [0.15, 0.2) is 0 Å². The Labute approximate surface area is 187 Å². The normalized spacial score (nSPS) is 14.2. The van der Waals surface area contributed by atoms with Gasteiger partial charge in [0.2, 0.25) is 0 Å². The summed E-state index contributed by atoms with van der Waals surface area (Å²) in [5.74, 6) is -2.57. The number of amides is 1. The van der Waals surface area contributed by atoms with Gasteiger partial charge in [-0.3, -0.25) is 4.79 Å². The van der Waals surface area contributed by atoms with Gasteiger partial charge in [-0.05, 0) is 36.2 Å². The van der Waals surface area contributed by atoms with Gasteiger partial charge < -0.3 is 10.1 Å². The fraction of sp³-hybridized carbons (Fsp3) is 0.316. The molecule has 1 saturated heterocycles. The van der Waals surface area contributed by atoms with Gasteiger partial charge in [0.25, 0.3) is 5.91 Å². The lowest BCUT2D eigenvalue weighted by molar-refractivity contribution is 0.0773. The first-order chi connectivity index (χ1) is 13.8. The molecule has 1 N–H and O–H groups in total. The van der Waals surface area contributed by atoms with Gasteiger partial charge in [-0.1, -0.05) is 48.7 Å². The number of rotatable bonds is 4. The molecule has 0 atom stereocenters. The van der Waals surface area contributed by atoms with E-state index in [0.717, 1.165) is 12.1 Å². The van der Waals surface area contributed by atoms with Crippen molar-refractivity contribution in [3.05, 3.63) is 56.5 Å². The molecule has 4 nitrogen and oxygen atoms in total. The van der Waals surface area contributed by atoms with Gasteiger partial charge in [-0.15, -0.1) is 0 Å². The van der Waals surface area contributed by atoms with E-state index in [2.05, 4.69) is 9.62 Å². The number of nitrogens with zero attached hydrogens (tertiary/aromatic N) is 1. The second-order valence-electron chi connectivity index (χ2n) is 5.60. The van der Waals surface area contributed by atoms with Crippen molar-refractivity contribution < 1.29 is 18.3 Å². The molecule has 2 aromatic rings. The Balaban J connectivity index is 0.00000145. The zero-order chi connectivity index (χ0) is 21.6. The van der Waals surface area contributed by atoms with Gasteiger partial charge in [-0.2, -0.15) is 0 Å². The van der Waals surface area contributed by atoms with Crippen molar-refractivity contribution in [2.45, 2.75) is 18.7 Å². The number of anilines is 1. The number of carbonyl (C=O) groups excluding carboxylic acids is 1. The van der Waals surface area contributed by atoms with Crippen molar-refractivity contribution in [2.24, 2.45) is 0 Å². The Morgan fingerprint density at radius 3 is 2.21 bits per heavy atom. The summed E-state index contributed by atoms with van der Waals surface area (Å²) < 4.78 is 34.5. The Morgan fingerprint density at radius 2 is 1.62 bits per heavy atom. The highest BCUT2D eigenvalue weighted by molar-refractivity contribution is 7.97. The third-order valence-electron chi connectivity index (χ3n) is 3.71. The second-order valence-corrected chi connectivity index (χ2v) is 7.93. The van der Waals surface area contributed by atoms with Crippen LogP contribution in [0.4, 0.5) is 14.5 Å². The maximum atomic E-state index is 13.6. The van der Waals surface area contributed by atoms with E-state index in [1.807, 2.05) is 13.8 Å². The maximum absolute atomic E-state index is 13.6. The van der Waals surface area contributed by atoms with E-state index in [4.69, 9.17) is 39.5 Å². The maximum Gasteiger partial charge on any atom is 0.257 e. The van der Waals surface area contributed by atoms with Gasteiger partial charge in [-0.25, -0.2) is 13.1 Å². The first kappa shape index (κ1) is 24.2. The van der Waals surface area contributed by atoms with Gasteiger partial charge in [0.05, 0.1) is 28.8 Å². The van der Waals surface area contributed by atoms with Crippen molar-refractivity contribution in [2.75, 3.05) is 31.6 Å². The molecule has 158 valence electrons. The van der Waals surface area contributed by atoms with E-state index in [-0.39, 0.29) is 16.3 Å². The summed E-state index contributed by atoms with van der Waals surface area (Å²) in [5, 5.41) is 2.30. The average Bonchev–Trinajstić information content (AvgIpc) is 2.70. The summed E-state index contributed by atoms with van der Waals surface area (Å²) in [4.78, 5) is 13.2. The van der Waals surface area contributed by atoms with Crippen molar-refractivity contribution in [1.29, 1.82) is 0 Å². The van der Waals surface area contributed by atoms with Gasteiger partial charge >= 0.3 is 0 Å². The minimum absolute atomic E-state index is 0.0761.